The van der Waals surface area contributed by atoms with Gasteiger partial charge in [-0.1, -0.05) is 44.2 Å². The Bertz CT molecular complexity index is 657. The van der Waals surface area contributed by atoms with Crippen molar-refractivity contribution in [1.29, 1.82) is 0 Å². The molecule has 2 rings (SSSR count). The summed E-state index contributed by atoms with van der Waals surface area (Å²) in [5, 5.41) is 4.98. The van der Waals surface area contributed by atoms with Gasteiger partial charge in [-0.2, -0.15) is 0 Å². The quantitative estimate of drug-likeness (QED) is 0.723. The molecular weight excluding hydrogens is 324 g/mol. The van der Waals surface area contributed by atoms with Crippen molar-refractivity contribution < 1.29 is 23.9 Å². The lowest BCUT2D eigenvalue weighted by Gasteiger charge is -2.21. The minimum absolute atomic E-state index is 0.0839. The molecule has 2 amide bonds. The third kappa shape index (κ3) is 5.14. The van der Waals surface area contributed by atoms with Gasteiger partial charge in [0.1, 0.15) is 6.61 Å². The maximum absolute atomic E-state index is 12.4. The van der Waals surface area contributed by atoms with E-state index in [0.717, 1.165) is 5.56 Å². The van der Waals surface area contributed by atoms with Crippen molar-refractivity contribution in [3.63, 3.8) is 0 Å². The summed E-state index contributed by atoms with van der Waals surface area (Å²) in [5.74, 6) is -2.36. The SMILES string of the molecule is CC(C)C(NC(=O)OCc1ccccc1)C(=O)CC1CNC(=O)C1=O. The number of rotatable bonds is 7. The number of benzene rings is 1. The topological polar surface area (TPSA) is 102 Å². The predicted octanol–water partition coefficient (Wildman–Crippen LogP) is 1.21. The van der Waals surface area contributed by atoms with E-state index < -0.39 is 29.7 Å². The van der Waals surface area contributed by atoms with Crippen molar-refractivity contribution >= 4 is 23.6 Å². The van der Waals surface area contributed by atoms with Crippen LogP contribution in [0.5, 0.6) is 0 Å². The second-order valence-corrected chi connectivity index (χ2v) is 6.37. The first-order chi connectivity index (χ1) is 11.9. The Morgan fingerprint density at radius 1 is 1.24 bits per heavy atom. The molecule has 1 aromatic carbocycles. The summed E-state index contributed by atoms with van der Waals surface area (Å²) in [7, 11) is 0. The van der Waals surface area contributed by atoms with Gasteiger partial charge in [-0.25, -0.2) is 4.79 Å². The largest absolute Gasteiger partial charge is 0.445 e. The van der Waals surface area contributed by atoms with Gasteiger partial charge in [0.15, 0.2) is 5.78 Å². The van der Waals surface area contributed by atoms with Crippen molar-refractivity contribution in [2.75, 3.05) is 6.54 Å². The number of hydrogen-bond acceptors (Lipinski definition) is 5. The fraction of sp³-hybridized carbons (Fsp3) is 0.444. The highest BCUT2D eigenvalue weighted by Gasteiger charge is 2.36. The van der Waals surface area contributed by atoms with Gasteiger partial charge >= 0.3 is 6.09 Å². The number of alkyl carbamates (subject to hydrolysis) is 1. The number of hydrogen-bond donors (Lipinski definition) is 2. The van der Waals surface area contributed by atoms with Crippen LogP contribution in [0.15, 0.2) is 30.3 Å². The Morgan fingerprint density at radius 2 is 1.92 bits per heavy atom. The Kier molecular flexibility index (Phi) is 6.27. The second-order valence-electron chi connectivity index (χ2n) is 6.37. The van der Waals surface area contributed by atoms with Gasteiger partial charge in [-0.3, -0.25) is 14.4 Å². The number of ketones is 2. The molecule has 0 aromatic heterocycles. The van der Waals surface area contributed by atoms with Crippen molar-refractivity contribution in [2.45, 2.75) is 32.9 Å². The zero-order valence-electron chi connectivity index (χ0n) is 14.3. The van der Waals surface area contributed by atoms with Crippen molar-refractivity contribution in [3.05, 3.63) is 35.9 Å². The summed E-state index contributed by atoms with van der Waals surface area (Å²) in [5.41, 5.74) is 0.839. The van der Waals surface area contributed by atoms with Crippen LogP contribution in [-0.4, -0.2) is 36.2 Å². The van der Waals surface area contributed by atoms with Crippen LogP contribution in [0, 0.1) is 11.8 Å². The minimum Gasteiger partial charge on any atom is -0.445 e. The zero-order valence-corrected chi connectivity index (χ0v) is 14.3. The molecule has 1 aromatic rings. The molecule has 0 saturated carbocycles. The molecule has 2 unspecified atom stereocenters. The fourth-order valence-corrected chi connectivity index (χ4v) is 2.63. The van der Waals surface area contributed by atoms with Crippen LogP contribution >= 0.6 is 0 Å². The molecule has 1 heterocycles. The normalized spacial score (nSPS) is 18.0. The third-order valence-electron chi connectivity index (χ3n) is 4.05. The van der Waals surface area contributed by atoms with Crippen LogP contribution in [0.2, 0.25) is 0 Å². The highest BCUT2D eigenvalue weighted by molar-refractivity contribution is 6.39. The highest BCUT2D eigenvalue weighted by Crippen LogP contribution is 2.15. The zero-order chi connectivity index (χ0) is 18.4. The summed E-state index contributed by atoms with van der Waals surface area (Å²) in [6.07, 6.45) is -0.776. The number of amides is 2. The maximum Gasteiger partial charge on any atom is 0.408 e. The van der Waals surface area contributed by atoms with E-state index >= 15 is 0 Å². The molecule has 1 aliphatic heterocycles. The van der Waals surface area contributed by atoms with E-state index in [1.54, 1.807) is 13.8 Å². The number of ether oxygens (including phenoxy) is 1. The van der Waals surface area contributed by atoms with Crippen LogP contribution in [0.3, 0.4) is 0 Å². The fourth-order valence-electron chi connectivity index (χ4n) is 2.63. The lowest BCUT2D eigenvalue weighted by molar-refractivity contribution is -0.137. The van der Waals surface area contributed by atoms with Crippen LogP contribution in [0.4, 0.5) is 4.79 Å². The predicted molar refractivity (Wildman–Crippen MR) is 89.5 cm³/mol. The Hall–Kier alpha value is -2.70. The van der Waals surface area contributed by atoms with E-state index in [-0.39, 0.29) is 31.3 Å². The molecule has 0 spiro atoms. The standard InChI is InChI=1S/C18H22N2O5/c1-11(2)15(14(21)8-13-9-19-17(23)16(13)22)20-18(24)25-10-12-6-4-3-5-7-12/h3-7,11,13,15H,8-10H2,1-2H3,(H,19,23)(H,20,24). The average molecular weight is 346 g/mol. The number of Topliss-reactive ketones (excluding diaryl/α,β-unsaturated/α-hetero) is 2. The lowest BCUT2D eigenvalue weighted by Crippen LogP contribution is -2.45. The summed E-state index contributed by atoms with van der Waals surface area (Å²) in [6, 6.07) is 8.42. The highest BCUT2D eigenvalue weighted by atomic mass is 16.5. The van der Waals surface area contributed by atoms with E-state index in [4.69, 9.17) is 4.74 Å². The van der Waals surface area contributed by atoms with E-state index in [0.29, 0.717) is 0 Å². The number of carbonyl (C=O) groups is 4. The van der Waals surface area contributed by atoms with Crippen LogP contribution < -0.4 is 10.6 Å². The second kappa shape index (κ2) is 8.41. The maximum atomic E-state index is 12.4. The van der Waals surface area contributed by atoms with Gasteiger partial charge < -0.3 is 15.4 Å². The molecule has 0 radical (unpaired) electrons. The van der Waals surface area contributed by atoms with Crippen molar-refractivity contribution in [3.8, 4) is 0 Å². The van der Waals surface area contributed by atoms with E-state index in [1.807, 2.05) is 30.3 Å². The van der Waals surface area contributed by atoms with Gasteiger partial charge in [0.05, 0.1) is 12.0 Å². The first-order valence-corrected chi connectivity index (χ1v) is 8.20. The minimum atomic E-state index is -0.772. The van der Waals surface area contributed by atoms with Crippen molar-refractivity contribution in [2.24, 2.45) is 11.8 Å². The summed E-state index contributed by atoms with van der Waals surface area (Å²) in [4.78, 5) is 47.3. The summed E-state index contributed by atoms with van der Waals surface area (Å²) in [6.45, 7) is 3.84. The lowest BCUT2D eigenvalue weighted by atomic mass is 9.91. The van der Waals surface area contributed by atoms with Gasteiger partial charge in [0.2, 0.25) is 5.78 Å². The summed E-state index contributed by atoms with van der Waals surface area (Å²) >= 11 is 0. The molecule has 0 aliphatic carbocycles. The van der Waals surface area contributed by atoms with E-state index in [2.05, 4.69) is 10.6 Å². The number of carbonyl (C=O) groups excluding carboxylic acids is 4. The monoisotopic (exact) mass is 346 g/mol. The van der Waals surface area contributed by atoms with Crippen LogP contribution in [-0.2, 0) is 25.7 Å². The molecule has 7 nitrogen and oxygen atoms in total. The molecule has 25 heavy (non-hydrogen) atoms. The Labute approximate surface area is 146 Å². The Morgan fingerprint density at radius 3 is 2.48 bits per heavy atom. The molecule has 1 aliphatic rings. The Balaban J connectivity index is 1.88. The molecule has 2 N–H and O–H groups in total. The van der Waals surface area contributed by atoms with Gasteiger partial charge in [0.25, 0.3) is 5.91 Å². The first-order valence-electron chi connectivity index (χ1n) is 8.20. The van der Waals surface area contributed by atoms with Crippen molar-refractivity contribution in [1.82, 2.24) is 10.6 Å². The average Bonchev–Trinajstić information content (AvgIpc) is 2.90. The molecule has 134 valence electrons. The van der Waals surface area contributed by atoms with E-state index in [9.17, 15) is 19.2 Å². The molecular formula is C18H22N2O5. The number of nitrogens with one attached hydrogen (secondary N) is 2. The molecule has 7 heteroatoms. The first kappa shape index (κ1) is 18.6. The van der Waals surface area contributed by atoms with E-state index in [1.165, 1.54) is 0 Å². The molecule has 1 saturated heterocycles. The van der Waals surface area contributed by atoms with Gasteiger partial charge in [-0.05, 0) is 11.5 Å². The smallest absolute Gasteiger partial charge is 0.408 e. The molecule has 1 fully saturated rings. The van der Waals surface area contributed by atoms with Gasteiger partial charge in [0, 0.05) is 13.0 Å². The molecule has 2 atom stereocenters. The summed E-state index contributed by atoms with van der Waals surface area (Å²) < 4.78 is 5.13. The van der Waals surface area contributed by atoms with Gasteiger partial charge in [-0.15, -0.1) is 0 Å². The molecule has 0 bridgehead atoms. The van der Waals surface area contributed by atoms with Crippen LogP contribution in [0.25, 0.3) is 0 Å². The van der Waals surface area contributed by atoms with Crippen LogP contribution in [0.1, 0.15) is 25.8 Å². The third-order valence-corrected chi connectivity index (χ3v) is 4.05.